The Balaban J connectivity index is 1.45. The molecule has 0 aliphatic carbocycles. The molecule has 1 saturated heterocycles. The SMILES string of the molecule is CCc1cnc(Cl)cc1-c1cc(C)ncc1C(=O)Nc1nc2cnc(N3CC[C@@H](O)C3)nc2s1. The molecule has 1 amide bonds. The number of halogens is 1. The van der Waals surface area contributed by atoms with E-state index in [1.807, 2.05) is 24.8 Å². The number of carbonyl (C=O) groups excluding carboxylic acids is 1. The summed E-state index contributed by atoms with van der Waals surface area (Å²) in [5.74, 6) is 0.227. The van der Waals surface area contributed by atoms with Gasteiger partial charge in [0, 0.05) is 31.2 Å². The van der Waals surface area contributed by atoms with E-state index in [2.05, 4.69) is 30.2 Å². The molecule has 0 unspecified atom stereocenters. The van der Waals surface area contributed by atoms with Crippen LogP contribution in [0.15, 0.2) is 30.7 Å². The van der Waals surface area contributed by atoms with Crippen LogP contribution in [0, 0.1) is 6.92 Å². The second-order valence-electron chi connectivity index (χ2n) is 8.11. The number of pyridine rings is 2. The van der Waals surface area contributed by atoms with Crippen molar-refractivity contribution < 1.29 is 9.90 Å². The molecule has 1 aliphatic rings. The number of aromatic nitrogens is 5. The molecular weight excluding hydrogens is 474 g/mol. The summed E-state index contributed by atoms with van der Waals surface area (Å²) in [5.41, 5.74) is 4.38. The average Bonchev–Trinajstić information content (AvgIpc) is 3.43. The van der Waals surface area contributed by atoms with Gasteiger partial charge in [-0.3, -0.25) is 15.1 Å². The number of amides is 1. The molecule has 0 saturated carbocycles. The maximum Gasteiger partial charge on any atom is 0.259 e. The van der Waals surface area contributed by atoms with Gasteiger partial charge in [-0.1, -0.05) is 29.9 Å². The zero-order chi connectivity index (χ0) is 23.8. The van der Waals surface area contributed by atoms with E-state index in [4.69, 9.17) is 11.6 Å². The fourth-order valence-electron chi connectivity index (χ4n) is 3.97. The smallest absolute Gasteiger partial charge is 0.259 e. The number of aryl methyl sites for hydroxylation is 2. The summed E-state index contributed by atoms with van der Waals surface area (Å²) in [6.07, 6.45) is 6.02. The van der Waals surface area contributed by atoms with Crippen molar-refractivity contribution in [1.29, 1.82) is 0 Å². The lowest BCUT2D eigenvalue weighted by molar-refractivity contribution is 0.102. The number of thiazole rings is 1. The van der Waals surface area contributed by atoms with Crippen molar-refractivity contribution in [1.82, 2.24) is 24.9 Å². The van der Waals surface area contributed by atoms with E-state index in [1.54, 1.807) is 24.7 Å². The molecule has 9 nitrogen and oxygen atoms in total. The number of rotatable bonds is 5. The molecule has 4 aromatic rings. The molecule has 11 heteroatoms. The van der Waals surface area contributed by atoms with Crippen LogP contribution in [0.3, 0.4) is 0 Å². The first-order valence-electron chi connectivity index (χ1n) is 10.9. The van der Waals surface area contributed by atoms with Crippen LogP contribution in [-0.4, -0.2) is 55.1 Å². The first-order valence-corrected chi connectivity index (χ1v) is 12.1. The summed E-state index contributed by atoms with van der Waals surface area (Å²) < 4.78 is 0. The minimum atomic E-state index is -0.364. The molecule has 174 valence electrons. The van der Waals surface area contributed by atoms with Gasteiger partial charge in [-0.25, -0.2) is 15.0 Å². The summed E-state index contributed by atoms with van der Waals surface area (Å²) in [6, 6.07) is 3.65. The van der Waals surface area contributed by atoms with E-state index in [0.717, 1.165) is 28.8 Å². The first kappa shape index (κ1) is 22.6. The Morgan fingerprint density at radius 3 is 2.82 bits per heavy atom. The van der Waals surface area contributed by atoms with Gasteiger partial charge in [-0.15, -0.1) is 0 Å². The zero-order valence-electron chi connectivity index (χ0n) is 18.6. The lowest BCUT2D eigenvalue weighted by Gasteiger charge is -2.14. The second kappa shape index (κ2) is 9.21. The summed E-state index contributed by atoms with van der Waals surface area (Å²) in [4.78, 5) is 37.8. The van der Waals surface area contributed by atoms with E-state index < -0.39 is 0 Å². The third-order valence-electron chi connectivity index (χ3n) is 5.71. The number of fused-ring (bicyclic) bond motifs is 1. The Labute approximate surface area is 204 Å². The van der Waals surface area contributed by atoms with Crippen LogP contribution in [0.5, 0.6) is 0 Å². The van der Waals surface area contributed by atoms with Gasteiger partial charge in [0.05, 0.1) is 17.9 Å². The van der Waals surface area contributed by atoms with Crippen LogP contribution >= 0.6 is 22.9 Å². The Kier molecular flexibility index (Phi) is 6.11. The van der Waals surface area contributed by atoms with Gasteiger partial charge in [-0.2, -0.15) is 4.98 Å². The predicted octanol–water partition coefficient (Wildman–Crippen LogP) is 3.89. The van der Waals surface area contributed by atoms with Gasteiger partial charge in [0.2, 0.25) is 5.95 Å². The molecular formula is C23H22ClN7O2S. The van der Waals surface area contributed by atoms with Crippen LogP contribution in [0.1, 0.15) is 35.0 Å². The van der Waals surface area contributed by atoms with Crippen molar-refractivity contribution in [2.24, 2.45) is 0 Å². The summed E-state index contributed by atoms with van der Waals surface area (Å²) in [7, 11) is 0. The lowest BCUT2D eigenvalue weighted by atomic mass is 9.96. The van der Waals surface area contributed by atoms with Gasteiger partial charge >= 0.3 is 0 Å². The summed E-state index contributed by atoms with van der Waals surface area (Å²) in [5, 5.41) is 13.4. The minimum Gasteiger partial charge on any atom is -0.391 e. The van der Waals surface area contributed by atoms with Crippen LogP contribution in [-0.2, 0) is 6.42 Å². The number of hydrogen-bond acceptors (Lipinski definition) is 9. The Bertz CT molecular complexity index is 1390. The third-order valence-corrected chi connectivity index (χ3v) is 6.80. The van der Waals surface area contributed by atoms with Gasteiger partial charge in [0.15, 0.2) is 9.96 Å². The van der Waals surface area contributed by atoms with Crippen molar-refractivity contribution >= 4 is 50.3 Å². The largest absolute Gasteiger partial charge is 0.391 e. The van der Waals surface area contributed by atoms with Crippen LogP contribution in [0.25, 0.3) is 21.5 Å². The standard InChI is InChI=1S/C23H22ClN7O2S/c1-3-13-8-26-19(24)7-15(13)16-6-12(2)25-9-17(16)20(33)29-23-28-18-10-27-22(30-21(18)34-23)31-5-4-14(32)11-31/h6-10,14,32H,3-5,11H2,1-2H3,(H,28,29,33)/t14-/m1/s1. The number of carbonyl (C=O) groups is 1. The number of aliphatic hydroxyl groups excluding tert-OH is 1. The Morgan fingerprint density at radius 1 is 1.21 bits per heavy atom. The zero-order valence-corrected chi connectivity index (χ0v) is 20.2. The number of nitrogens with one attached hydrogen (secondary N) is 1. The minimum absolute atomic E-state index is 0.326. The molecule has 1 atom stereocenters. The van der Waals surface area contributed by atoms with Gasteiger partial charge in [0.1, 0.15) is 10.7 Å². The molecule has 1 fully saturated rings. The number of hydrogen-bond donors (Lipinski definition) is 2. The van der Waals surface area contributed by atoms with Crippen LogP contribution < -0.4 is 10.2 Å². The fourth-order valence-corrected chi connectivity index (χ4v) is 4.93. The highest BCUT2D eigenvalue weighted by molar-refractivity contribution is 7.22. The molecule has 34 heavy (non-hydrogen) atoms. The molecule has 4 aromatic heterocycles. The maximum absolute atomic E-state index is 13.3. The normalized spacial score (nSPS) is 15.8. The summed E-state index contributed by atoms with van der Waals surface area (Å²) >= 11 is 7.45. The molecule has 0 spiro atoms. The second-order valence-corrected chi connectivity index (χ2v) is 9.48. The fraction of sp³-hybridized carbons (Fsp3) is 0.304. The number of anilines is 2. The van der Waals surface area contributed by atoms with Gasteiger partial charge in [0.25, 0.3) is 5.91 Å². The highest BCUT2D eigenvalue weighted by Crippen LogP contribution is 2.31. The van der Waals surface area contributed by atoms with Crippen molar-refractivity contribution in [3.05, 3.63) is 52.7 Å². The highest BCUT2D eigenvalue weighted by Gasteiger charge is 2.23. The topological polar surface area (TPSA) is 117 Å². The molecule has 0 radical (unpaired) electrons. The van der Waals surface area contributed by atoms with Crippen molar-refractivity contribution in [2.45, 2.75) is 32.8 Å². The van der Waals surface area contributed by atoms with E-state index in [1.165, 1.54) is 11.3 Å². The third kappa shape index (κ3) is 4.44. The van der Waals surface area contributed by atoms with Gasteiger partial charge in [-0.05, 0) is 48.6 Å². The first-order chi connectivity index (χ1) is 16.4. The molecule has 2 N–H and O–H groups in total. The lowest BCUT2D eigenvalue weighted by Crippen LogP contribution is -2.23. The van der Waals surface area contributed by atoms with Gasteiger partial charge < -0.3 is 10.0 Å². The van der Waals surface area contributed by atoms with E-state index >= 15 is 0 Å². The average molecular weight is 496 g/mol. The van der Waals surface area contributed by atoms with Crippen molar-refractivity contribution in [3.8, 4) is 11.1 Å². The monoisotopic (exact) mass is 495 g/mol. The quantitative estimate of drug-likeness (QED) is 0.400. The Hall–Kier alpha value is -3.21. The van der Waals surface area contributed by atoms with E-state index in [9.17, 15) is 9.90 Å². The highest BCUT2D eigenvalue weighted by atomic mass is 35.5. The van der Waals surface area contributed by atoms with E-state index in [-0.39, 0.29) is 12.0 Å². The number of aliphatic hydroxyl groups is 1. The Morgan fingerprint density at radius 2 is 2.06 bits per heavy atom. The molecule has 5 rings (SSSR count). The molecule has 0 bridgehead atoms. The summed E-state index contributed by atoms with van der Waals surface area (Å²) in [6.45, 7) is 5.12. The maximum atomic E-state index is 13.3. The molecule has 5 heterocycles. The van der Waals surface area contributed by atoms with E-state index in [0.29, 0.717) is 51.7 Å². The predicted molar refractivity (Wildman–Crippen MR) is 133 cm³/mol. The van der Waals surface area contributed by atoms with Crippen LogP contribution in [0.2, 0.25) is 5.15 Å². The molecule has 0 aromatic carbocycles. The molecule has 1 aliphatic heterocycles. The van der Waals surface area contributed by atoms with Crippen molar-refractivity contribution in [2.75, 3.05) is 23.3 Å². The van der Waals surface area contributed by atoms with Crippen LogP contribution in [0.4, 0.5) is 11.1 Å². The van der Waals surface area contributed by atoms with Crippen molar-refractivity contribution in [3.63, 3.8) is 0 Å². The number of β-amino-alcohol motifs (C(OH)–C–C–N with tert-alkyl or cyclic N) is 1. The number of nitrogens with zero attached hydrogens (tertiary/aromatic N) is 6.